The van der Waals surface area contributed by atoms with Crippen LogP contribution in [0.25, 0.3) is 6.08 Å². The van der Waals surface area contributed by atoms with E-state index in [9.17, 15) is 4.79 Å². The molecule has 0 bridgehead atoms. The number of benzene rings is 2. The third kappa shape index (κ3) is 6.20. The molecule has 0 atom stereocenters. The molecule has 1 N–H and O–H groups in total. The lowest BCUT2D eigenvalue weighted by Crippen LogP contribution is -2.07. The van der Waals surface area contributed by atoms with Crippen LogP contribution in [0.1, 0.15) is 59.7 Å². The molecule has 1 aliphatic rings. The number of nitrogens with one attached hydrogen (secondary N) is 1. The molecule has 172 valence electrons. The van der Waals surface area contributed by atoms with Crippen LogP contribution in [0.15, 0.2) is 48.5 Å². The Morgan fingerprint density at radius 3 is 2.73 bits per heavy atom. The standard InChI is InChI=1S/C26H29N3O3S/c1-18-8-6-7-11-21(18)17-32-22-14-12-19(16-23(22)31-2)13-15-24(30)27-26-29-28-25(33-26)20-9-4-3-5-10-20/h6-8,11-16,20H,3-5,9-10,17H2,1-2H3,(H,27,29,30)/b15-13+. The molecule has 1 aliphatic carbocycles. The molecule has 0 spiro atoms. The number of aromatic nitrogens is 2. The fourth-order valence-electron chi connectivity index (χ4n) is 3.95. The van der Waals surface area contributed by atoms with Gasteiger partial charge in [0.1, 0.15) is 11.6 Å². The van der Waals surface area contributed by atoms with Crippen molar-refractivity contribution in [3.05, 3.63) is 70.2 Å². The zero-order valence-electron chi connectivity index (χ0n) is 19.0. The lowest BCUT2D eigenvalue weighted by atomic mass is 9.90. The van der Waals surface area contributed by atoms with E-state index in [1.807, 2.05) is 36.4 Å². The minimum absolute atomic E-state index is 0.236. The largest absolute Gasteiger partial charge is 0.493 e. The van der Waals surface area contributed by atoms with Crippen molar-refractivity contribution in [1.82, 2.24) is 10.2 Å². The molecule has 0 saturated heterocycles. The Bertz CT molecular complexity index is 1120. The summed E-state index contributed by atoms with van der Waals surface area (Å²) in [7, 11) is 1.61. The molecule has 33 heavy (non-hydrogen) atoms. The maximum absolute atomic E-state index is 12.4. The van der Waals surface area contributed by atoms with E-state index in [1.165, 1.54) is 42.2 Å². The second-order valence-electron chi connectivity index (χ2n) is 8.23. The molecule has 2 aromatic carbocycles. The molecule has 6 nitrogen and oxygen atoms in total. The fourth-order valence-corrected chi connectivity index (χ4v) is 4.87. The molecule has 1 saturated carbocycles. The summed E-state index contributed by atoms with van der Waals surface area (Å²) >= 11 is 1.48. The fraction of sp³-hybridized carbons (Fsp3) is 0.346. The summed E-state index contributed by atoms with van der Waals surface area (Å²) in [6.45, 7) is 2.53. The van der Waals surface area contributed by atoms with Crippen LogP contribution in [0, 0.1) is 6.92 Å². The molecular formula is C26H29N3O3S. The Kier molecular flexibility index (Phi) is 7.73. The zero-order chi connectivity index (χ0) is 23.0. The maximum atomic E-state index is 12.4. The lowest BCUT2D eigenvalue weighted by Gasteiger charge is -2.18. The summed E-state index contributed by atoms with van der Waals surface area (Å²) in [5.41, 5.74) is 3.15. The Hall–Kier alpha value is -3.19. The number of aryl methyl sites for hydroxylation is 1. The minimum atomic E-state index is -0.236. The Morgan fingerprint density at radius 2 is 1.94 bits per heavy atom. The molecule has 0 radical (unpaired) electrons. The molecule has 0 unspecified atom stereocenters. The second-order valence-corrected chi connectivity index (χ2v) is 9.24. The topological polar surface area (TPSA) is 73.3 Å². The van der Waals surface area contributed by atoms with Gasteiger partial charge in [-0.3, -0.25) is 10.1 Å². The third-order valence-corrected chi connectivity index (χ3v) is 6.89. The summed E-state index contributed by atoms with van der Waals surface area (Å²) in [5, 5.41) is 12.8. The smallest absolute Gasteiger partial charge is 0.250 e. The van der Waals surface area contributed by atoms with Crippen LogP contribution < -0.4 is 14.8 Å². The van der Waals surface area contributed by atoms with Gasteiger partial charge in [-0.2, -0.15) is 0 Å². The van der Waals surface area contributed by atoms with Crippen molar-refractivity contribution in [2.24, 2.45) is 0 Å². The Labute approximate surface area is 198 Å². The maximum Gasteiger partial charge on any atom is 0.250 e. The van der Waals surface area contributed by atoms with Gasteiger partial charge in [0.25, 0.3) is 0 Å². The van der Waals surface area contributed by atoms with Crippen molar-refractivity contribution in [3.8, 4) is 11.5 Å². The van der Waals surface area contributed by atoms with Gasteiger partial charge < -0.3 is 9.47 Å². The number of methoxy groups -OCH3 is 1. The van der Waals surface area contributed by atoms with E-state index < -0.39 is 0 Å². The minimum Gasteiger partial charge on any atom is -0.493 e. The van der Waals surface area contributed by atoms with Gasteiger partial charge >= 0.3 is 0 Å². The number of rotatable bonds is 8. The first-order valence-electron chi connectivity index (χ1n) is 11.3. The van der Waals surface area contributed by atoms with Crippen molar-refractivity contribution >= 4 is 28.5 Å². The molecule has 0 aliphatic heterocycles. The van der Waals surface area contributed by atoms with Crippen molar-refractivity contribution < 1.29 is 14.3 Å². The number of carbonyl (C=O) groups excluding carboxylic acids is 1. The summed E-state index contributed by atoms with van der Waals surface area (Å²) in [6, 6.07) is 13.7. The van der Waals surface area contributed by atoms with Crippen LogP contribution in [-0.2, 0) is 11.4 Å². The van der Waals surface area contributed by atoms with Gasteiger partial charge in [-0.1, -0.05) is 60.9 Å². The van der Waals surface area contributed by atoms with Crippen LogP contribution in [0.2, 0.25) is 0 Å². The average molecular weight is 464 g/mol. The summed E-state index contributed by atoms with van der Waals surface area (Å²) < 4.78 is 11.5. The van der Waals surface area contributed by atoms with Crippen LogP contribution in [0.5, 0.6) is 11.5 Å². The van der Waals surface area contributed by atoms with Crippen molar-refractivity contribution in [1.29, 1.82) is 0 Å². The number of amides is 1. The normalized spacial score (nSPS) is 14.4. The predicted octanol–water partition coefficient (Wildman–Crippen LogP) is 6.13. The molecule has 7 heteroatoms. The van der Waals surface area contributed by atoms with E-state index in [2.05, 4.69) is 28.5 Å². The van der Waals surface area contributed by atoms with E-state index in [4.69, 9.17) is 9.47 Å². The first-order chi connectivity index (χ1) is 16.1. The van der Waals surface area contributed by atoms with Crippen LogP contribution in [0.3, 0.4) is 0 Å². The summed E-state index contributed by atoms with van der Waals surface area (Å²) in [4.78, 5) is 12.4. The molecule has 3 aromatic rings. The first kappa shape index (κ1) is 23.0. The van der Waals surface area contributed by atoms with Crippen molar-refractivity contribution in [2.75, 3.05) is 12.4 Å². The van der Waals surface area contributed by atoms with Crippen molar-refractivity contribution in [3.63, 3.8) is 0 Å². The van der Waals surface area contributed by atoms with Gasteiger partial charge in [0.05, 0.1) is 7.11 Å². The van der Waals surface area contributed by atoms with E-state index in [0.29, 0.717) is 29.2 Å². The van der Waals surface area contributed by atoms with Crippen molar-refractivity contribution in [2.45, 2.75) is 51.6 Å². The summed E-state index contributed by atoms with van der Waals surface area (Å²) in [5.74, 6) is 1.52. The monoisotopic (exact) mass is 463 g/mol. The lowest BCUT2D eigenvalue weighted by molar-refractivity contribution is -0.111. The van der Waals surface area contributed by atoms with Gasteiger partial charge in [0, 0.05) is 12.0 Å². The van der Waals surface area contributed by atoms with Gasteiger partial charge in [-0.05, 0) is 54.7 Å². The molecule has 1 heterocycles. The second kappa shape index (κ2) is 11.1. The number of hydrogen-bond donors (Lipinski definition) is 1. The summed E-state index contributed by atoms with van der Waals surface area (Å²) in [6.07, 6.45) is 9.34. The highest BCUT2D eigenvalue weighted by atomic mass is 32.1. The predicted molar refractivity (Wildman–Crippen MR) is 132 cm³/mol. The highest BCUT2D eigenvalue weighted by Crippen LogP contribution is 2.35. The van der Waals surface area contributed by atoms with Gasteiger partial charge in [-0.25, -0.2) is 0 Å². The van der Waals surface area contributed by atoms with Gasteiger partial charge in [0.2, 0.25) is 11.0 Å². The van der Waals surface area contributed by atoms with E-state index in [1.54, 1.807) is 13.2 Å². The molecule has 1 fully saturated rings. The SMILES string of the molecule is COc1cc(/C=C/C(=O)Nc2nnc(C3CCCCC3)s2)ccc1OCc1ccccc1C. The Balaban J connectivity index is 1.35. The number of hydrogen-bond acceptors (Lipinski definition) is 6. The van der Waals surface area contributed by atoms with Crippen LogP contribution in [0.4, 0.5) is 5.13 Å². The molecule has 1 amide bonds. The van der Waals surface area contributed by atoms with E-state index in [-0.39, 0.29) is 5.91 Å². The zero-order valence-corrected chi connectivity index (χ0v) is 19.9. The van der Waals surface area contributed by atoms with E-state index in [0.717, 1.165) is 29.0 Å². The van der Waals surface area contributed by atoms with Crippen LogP contribution >= 0.6 is 11.3 Å². The number of carbonyl (C=O) groups is 1. The molecular weight excluding hydrogens is 434 g/mol. The Morgan fingerprint density at radius 1 is 1.12 bits per heavy atom. The number of nitrogens with zero attached hydrogens (tertiary/aromatic N) is 2. The average Bonchev–Trinajstić information content (AvgIpc) is 3.31. The van der Waals surface area contributed by atoms with Crippen LogP contribution in [-0.4, -0.2) is 23.2 Å². The first-order valence-corrected chi connectivity index (χ1v) is 12.1. The quantitative estimate of drug-likeness (QED) is 0.407. The van der Waals surface area contributed by atoms with E-state index >= 15 is 0 Å². The number of anilines is 1. The molecule has 1 aromatic heterocycles. The highest BCUT2D eigenvalue weighted by Gasteiger charge is 2.20. The highest BCUT2D eigenvalue weighted by molar-refractivity contribution is 7.15. The molecule has 4 rings (SSSR count). The number of ether oxygens (including phenoxy) is 2. The van der Waals surface area contributed by atoms with Gasteiger partial charge in [0.15, 0.2) is 11.5 Å². The third-order valence-electron chi connectivity index (χ3n) is 5.88. The van der Waals surface area contributed by atoms with Gasteiger partial charge in [-0.15, -0.1) is 10.2 Å².